The summed E-state index contributed by atoms with van der Waals surface area (Å²) in [5.41, 5.74) is 2.21. The van der Waals surface area contributed by atoms with Crippen molar-refractivity contribution in [3.63, 3.8) is 0 Å². The van der Waals surface area contributed by atoms with Crippen molar-refractivity contribution in [2.45, 2.75) is 13.0 Å². The lowest BCUT2D eigenvalue weighted by Crippen LogP contribution is -2.32. The minimum Gasteiger partial charge on any atom is -0.507 e. The first-order valence-electron chi connectivity index (χ1n) is 10.7. The van der Waals surface area contributed by atoms with Gasteiger partial charge in [-0.3, -0.25) is 9.59 Å². The third kappa shape index (κ3) is 4.66. The van der Waals surface area contributed by atoms with E-state index in [2.05, 4.69) is 0 Å². The molecule has 1 heterocycles. The Kier molecular flexibility index (Phi) is 6.56. The number of ether oxygens (including phenoxy) is 2. The molecule has 0 aromatic heterocycles. The molecule has 33 heavy (non-hydrogen) atoms. The summed E-state index contributed by atoms with van der Waals surface area (Å²) in [5, 5.41) is 11.1. The normalized spacial score (nSPS) is 17.4. The molecule has 1 fully saturated rings. The molecule has 0 saturated carbocycles. The molecule has 1 N–H and O–H groups in total. The Morgan fingerprint density at radius 1 is 0.939 bits per heavy atom. The standard InChI is InChI=1S/C27H25NO5/c1-18-11-13-19(14-12-18)25(29)23-24(28(15-16-32-2)27(31)26(23)30)20-7-6-10-22(17-20)33-21-8-4-3-5-9-21/h3-14,17,24,29H,15-16H2,1-2H3/b25-23+. The third-order valence-corrected chi connectivity index (χ3v) is 5.55. The minimum absolute atomic E-state index is 0.0526. The number of rotatable bonds is 7. The summed E-state index contributed by atoms with van der Waals surface area (Å²) in [5.74, 6) is -0.356. The van der Waals surface area contributed by atoms with Crippen LogP contribution in [0.25, 0.3) is 5.76 Å². The van der Waals surface area contributed by atoms with Crippen LogP contribution in [-0.2, 0) is 14.3 Å². The van der Waals surface area contributed by atoms with E-state index in [0.717, 1.165) is 5.56 Å². The number of carbonyl (C=O) groups is 2. The highest BCUT2D eigenvalue weighted by Crippen LogP contribution is 2.40. The van der Waals surface area contributed by atoms with Crippen LogP contribution >= 0.6 is 0 Å². The van der Waals surface area contributed by atoms with E-state index in [1.807, 2.05) is 55.5 Å². The Morgan fingerprint density at radius 2 is 1.64 bits per heavy atom. The fourth-order valence-corrected chi connectivity index (χ4v) is 3.89. The second kappa shape index (κ2) is 9.71. The van der Waals surface area contributed by atoms with Gasteiger partial charge in [0.05, 0.1) is 18.2 Å². The lowest BCUT2D eigenvalue weighted by molar-refractivity contribution is -0.140. The molecule has 0 aliphatic carbocycles. The fourth-order valence-electron chi connectivity index (χ4n) is 3.89. The molecule has 1 atom stereocenters. The Bertz CT molecular complexity index is 1180. The van der Waals surface area contributed by atoms with Gasteiger partial charge in [-0.05, 0) is 36.8 Å². The van der Waals surface area contributed by atoms with Crippen LogP contribution in [0.3, 0.4) is 0 Å². The predicted molar refractivity (Wildman–Crippen MR) is 125 cm³/mol. The number of nitrogens with zero attached hydrogens (tertiary/aromatic N) is 1. The third-order valence-electron chi connectivity index (χ3n) is 5.55. The molecule has 1 aliphatic heterocycles. The minimum atomic E-state index is -0.763. The number of methoxy groups -OCH3 is 1. The number of Topliss-reactive ketones (excluding diaryl/α,β-unsaturated/α-hetero) is 1. The van der Waals surface area contributed by atoms with Gasteiger partial charge in [0.2, 0.25) is 0 Å². The number of amides is 1. The van der Waals surface area contributed by atoms with Crippen LogP contribution in [0, 0.1) is 6.92 Å². The summed E-state index contributed by atoms with van der Waals surface area (Å²) in [4.78, 5) is 27.4. The van der Waals surface area contributed by atoms with Crippen molar-refractivity contribution in [1.29, 1.82) is 0 Å². The molecule has 1 aliphatic rings. The van der Waals surface area contributed by atoms with Crippen molar-refractivity contribution in [3.05, 3.63) is 101 Å². The Balaban J connectivity index is 1.79. The maximum atomic E-state index is 13.0. The summed E-state index contributed by atoms with van der Waals surface area (Å²) in [6.45, 7) is 2.40. The van der Waals surface area contributed by atoms with Gasteiger partial charge in [-0.25, -0.2) is 0 Å². The van der Waals surface area contributed by atoms with Gasteiger partial charge in [-0.15, -0.1) is 0 Å². The zero-order valence-corrected chi connectivity index (χ0v) is 18.5. The maximum Gasteiger partial charge on any atom is 0.295 e. The average Bonchev–Trinajstić information content (AvgIpc) is 3.08. The number of para-hydroxylation sites is 1. The van der Waals surface area contributed by atoms with Crippen LogP contribution < -0.4 is 4.74 Å². The number of hydrogen-bond acceptors (Lipinski definition) is 5. The van der Waals surface area contributed by atoms with Crippen LogP contribution in [0.4, 0.5) is 0 Å². The molecule has 0 bridgehead atoms. The second-order valence-corrected chi connectivity index (χ2v) is 7.84. The van der Waals surface area contributed by atoms with Crippen molar-refractivity contribution >= 4 is 17.4 Å². The lowest BCUT2D eigenvalue weighted by atomic mass is 9.95. The molecule has 6 nitrogen and oxygen atoms in total. The van der Waals surface area contributed by atoms with Gasteiger partial charge in [-0.2, -0.15) is 0 Å². The van der Waals surface area contributed by atoms with Gasteiger partial charge in [-0.1, -0.05) is 60.2 Å². The molecule has 3 aromatic carbocycles. The number of benzene rings is 3. The summed E-state index contributed by atoms with van der Waals surface area (Å²) >= 11 is 0. The second-order valence-electron chi connectivity index (χ2n) is 7.84. The van der Waals surface area contributed by atoms with E-state index >= 15 is 0 Å². The highest BCUT2D eigenvalue weighted by Gasteiger charge is 2.46. The summed E-state index contributed by atoms with van der Waals surface area (Å²) in [6.07, 6.45) is 0. The first-order chi connectivity index (χ1) is 16.0. The molecule has 1 saturated heterocycles. The highest BCUT2D eigenvalue weighted by molar-refractivity contribution is 6.46. The molecular formula is C27H25NO5. The Hall–Kier alpha value is -3.90. The zero-order chi connectivity index (χ0) is 23.4. The smallest absolute Gasteiger partial charge is 0.295 e. The van der Waals surface area contributed by atoms with Crippen LogP contribution in [0.5, 0.6) is 11.5 Å². The van der Waals surface area contributed by atoms with E-state index in [-0.39, 0.29) is 24.5 Å². The summed E-state index contributed by atoms with van der Waals surface area (Å²) in [6, 6.07) is 22.9. The molecule has 6 heteroatoms. The van der Waals surface area contributed by atoms with Gasteiger partial charge in [0.15, 0.2) is 0 Å². The molecular weight excluding hydrogens is 418 g/mol. The van der Waals surface area contributed by atoms with Crippen LogP contribution in [0.1, 0.15) is 22.7 Å². The maximum absolute atomic E-state index is 13.0. The van der Waals surface area contributed by atoms with Crippen LogP contribution in [0.15, 0.2) is 84.4 Å². The van der Waals surface area contributed by atoms with Crippen molar-refractivity contribution in [2.75, 3.05) is 20.3 Å². The Labute approximate surface area is 192 Å². The predicted octanol–water partition coefficient (Wildman–Crippen LogP) is 4.86. The zero-order valence-electron chi connectivity index (χ0n) is 18.5. The quantitative estimate of drug-likeness (QED) is 0.321. The van der Waals surface area contributed by atoms with Crippen molar-refractivity contribution in [1.82, 2.24) is 4.90 Å². The van der Waals surface area contributed by atoms with E-state index in [1.54, 1.807) is 30.3 Å². The number of hydrogen-bond donors (Lipinski definition) is 1. The van der Waals surface area contributed by atoms with Crippen molar-refractivity contribution < 1.29 is 24.2 Å². The number of aliphatic hydroxyl groups excluding tert-OH is 1. The highest BCUT2D eigenvalue weighted by atomic mass is 16.5. The molecule has 168 valence electrons. The van der Waals surface area contributed by atoms with Gasteiger partial charge < -0.3 is 19.5 Å². The fraction of sp³-hybridized carbons (Fsp3) is 0.185. The number of carbonyl (C=O) groups excluding carboxylic acids is 2. The van der Waals surface area contributed by atoms with Crippen molar-refractivity contribution in [3.8, 4) is 11.5 Å². The lowest BCUT2D eigenvalue weighted by Gasteiger charge is -2.25. The molecule has 0 radical (unpaired) electrons. The van der Waals surface area contributed by atoms with Gasteiger partial charge in [0.25, 0.3) is 11.7 Å². The SMILES string of the molecule is COCCN1C(=O)C(=O)/C(=C(/O)c2ccc(C)cc2)C1c1cccc(Oc2ccccc2)c1. The average molecular weight is 443 g/mol. The van der Waals surface area contributed by atoms with E-state index in [4.69, 9.17) is 9.47 Å². The molecule has 4 rings (SSSR count). The van der Waals surface area contributed by atoms with E-state index in [9.17, 15) is 14.7 Å². The largest absolute Gasteiger partial charge is 0.507 e. The number of aryl methyl sites for hydroxylation is 1. The van der Waals surface area contributed by atoms with Crippen LogP contribution in [0.2, 0.25) is 0 Å². The molecule has 1 unspecified atom stereocenters. The topological polar surface area (TPSA) is 76.1 Å². The number of ketones is 1. The Morgan fingerprint density at radius 3 is 2.33 bits per heavy atom. The van der Waals surface area contributed by atoms with E-state index < -0.39 is 17.7 Å². The van der Waals surface area contributed by atoms with E-state index in [0.29, 0.717) is 22.6 Å². The summed E-state index contributed by atoms with van der Waals surface area (Å²) < 4.78 is 11.1. The van der Waals surface area contributed by atoms with E-state index in [1.165, 1.54) is 12.0 Å². The first-order valence-corrected chi connectivity index (χ1v) is 10.7. The van der Waals surface area contributed by atoms with Gasteiger partial charge in [0, 0.05) is 19.2 Å². The van der Waals surface area contributed by atoms with Gasteiger partial charge >= 0.3 is 0 Å². The number of aliphatic hydroxyl groups is 1. The number of likely N-dealkylation sites (tertiary alicyclic amines) is 1. The summed E-state index contributed by atoms with van der Waals surface area (Å²) in [7, 11) is 1.53. The van der Waals surface area contributed by atoms with Crippen LogP contribution in [-0.4, -0.2) is 42.0 Å². The molecule has 0 spiro atoms. The van der Waals surface area contributed by atoms with Crippen molar-refractivity contribution in [2.24, 2.45) is 0 Å². The molecule has 3 aromatic rings. The molecule has 1 amide bonds. The first kappa shape index (κ1) is 22.3. The monoisotopic (exact) mass is 443 g/mol. The van der Waals surface area contributed by atoms with Gasteiger partial charge in [0.1, 0.15) is 17.3 Å².